The van der Waals surface area contributed by atoms with Crippen molar-refractivity contribution in [3.05, 3.63) is 70.3 Å². The molecule has 67 heavy (non-hydrogen) atoms. The first-order chi connectivity index (χ1) is 31.9. The molecule has 7 N–H and O–H groups in total. The molecule has 1 heterocycles. The second-order valence-corrected chi connectivity index (χ2v) is 25.0. The number of carbonyl (C=O) groups is 2. The number of phenolic OH excluding ortho intramolecular Hbond substituents is 1. The molecule has 16 unspecified atom stereocenters. The normalized spacial score (nSPS) is 42.1. The number of aliphatic hydroxyl groups excluding tert-OH is 2. The summed E-state index contributed by atoms with van der Waals surface area (Å²) >= 11 is 0. The first kappa shape index (κ1) is 47.6. The zero-order valence-corrected chi connectivity index (χ0v) is 41.8. The van der Waals surface area contributed by atoms with Crippen LogP contribution in [-0.2, 0) is 20.9 Å². The van der Waals surface area contributed by atoms with Gasteiger partial charge in [0.1, 0.15) is 17.6 Å². The number of nitrogens with two attached hydrogens (primary N) is 1. The number of ether oxygens (including phenoxy) is 1. The number of phenols is 1. The predicted octanol–water partition coefficient (Wildman–Crippen LogP) is 9.91. The van der Waals surface area contributed by atoms with E-state index in [0.717, 1.165) is 86.6 Å². The highest BCUT2D eigenvalue weighted by atomic mass is 16.6. The molecule has 10 rings (SSSR count). The van der Waals surface area contributed by atoms with Crippen LogP contribution in [0.15, 0.2) is 53.6 Å². The zero-order valence-electron chi connectivity index (χ0n) is 41.8. The molecule has 2 aromatic rings. The van der Waals surface area contributed by atoms with Crippen molar-refractivity contribution < 1.29 is 29.6 Å². The molecule has 0 radical (unpaired) electrons. The van der Waals surface area contributed by atoms with Gasteiger partial charge in [-0.1, -0.05) is 90.0 Å². The summed E-state index contributed by atoms with van der Waals surface area (Å²) in [6, 6.07) is 14.1. The molecule has 0 amide bonds. The third-order valence-corrected chi connectivity index (χ3v) is 21.0. The molecule has 366 valence electrons. The summed E-state index contributed by atoms with van der Waals surface area (Å²) in [7, 11) is 1.91. The molecule has 5 saturated carbocycles. The van der Waals surface area contributed by atoms with E-state index >= 15 is 9.59 Å². The van der Waals surface area contributed by atoms with Gasteiger partial charge in [-0.15, -0.1) is 0 Å². The molecular weight excluding hydrogens is 835 g/mol. The van der Waals surface area contributed by atoms with Gasteiger partial charge in [-0.3, -0.25) is 9.59 Å². The highest BCUT2D eigenvalue weighted by molar-refractivity contribution is 6.01. The number of rotatable bonds is 11. The Morgan fingerprint density at radius 1 is 0.896 bits per heavy atom. The molecule has 0 aromatic heterocycles. The number of Topliss-reactive ketones (excluding diaryl/α,β-unsaturated/α-hetero) is 2. The van der Waals surface area contributed by atoms with Crippen molar-refractivity contribution in [1.82, 2.24) is 10.6 Å². The fourth-order valence-electron chi connectivity index (χ4n) is 18.6. The number of nitrogens with one attached hydrogen (secondary N) is 2. The fraction of sp³-hybridized carbons (Fsp3) is 0.724. The van der Waals surface area contributed by atoms with Crippen LogP contribution in [0.25, 0.3) is 0 Å². The third kappa shape index (κ3) is 7.63. The van der Waals surface area contributed by atoms with Crippen LogP contribution in [0.4, 0.5) is 5.69 Å². The summed E-state index contributed by atoms with van der Waals surface area (Å²) in [5, 5.41) is 41.7. The highest BCUT2D eigenvalue weighted by Crippen LogP contribution is 2.77. The van der Waals surface area contributed by atoms with Crippen LogP contribution in [0.3, 0.4) is 0 Å². The number of carbonyl (C=O) groups excluding carboxylic acids is 2. The molecule has 9 nitrogen and oxygen atoms in total. The lowest BCUT2D eigenvalue weighted by molar-refractivity contribution is -0.202. The monoisotopic (exact) mass is 918 g/mol. The number of anilines is 1. The minimum Gasteiger partial charge on any atom is -0.508 e. The van der Waals surface area contributed by atoms with Crippen LogP contribution in [0.2, 0.25) is 0 Å². The molecule has 9 heteroatoms. The van der Waals surface area contributed by atoms with Gasteiger partial charge in [0, 0.05) is 48.0 Å². The Bertz CT molecular complexity index is 2270. The molecule has 7 aliphatic carbocycles. The SMILES string of the molecule is CNCc1cc(O)cc(C2CC3(C)C(C(NCC(C)O)CC45CCCC6CCCCC6C(CC(O)C6OC6(C)C6CCCC6c6cccc(N)c6)C6=C(CCC34)C5(C)CC6=O)C(C)(C)C2=O)c1. The summed E-state index contributed by atoms with van der Waals surface area (Å²) in [4.78, 5) is 30.6. The summed E-state index contributed by atoms with van der Waals surface area (Å²) < 4.78 is 6.74. The van der Waals surface area contributed by atoms with Gasteiger partial charge in [0.05, 0.1) is 17.8 Å². The van der Waals surface area contributed by atoms with E-state index in [1.807, 2.05) is 26.1 Å². The summed E-state index contributed by atoms with van der Waals surface area (Å²) in [5.74, 6) is 2.20. The average molecular weight is 918 g/mol. The van der Waals surface area contributed by atoms with E-state index in [9.17, 15) is 15.3 Å². The van der Waals surface area contributed by atoms with Gasteiger partial charge in [0.2, 0.25) is 0 Å². The number of aliphatic hydroxyl groups is 2. The molecule has 16 atom stereocenters. The van der Waals surface area contributed by atoms with Crippen molar-refractivity contribution in [2.45, 2.75) is 193 Å². The number of epoxide rings is 1. The predicted molar refractivity (Wildman–Crippen MR) is 264 cm³/mol. The van der Waals surface area contributed by atoms with Crippen LogP contribution >= 0.6 is 0 Å². The van der Waals surface area contributed by atoms with E-state index in [1.54, 1.807) is 6.07 Å². The van der Waals surface area contributed by atoms with Crippen molar-refractivity contribution in [3.8, 4) is 5.75 Å². The van der Waals surface area contributed by atoms with E-state index in [0.29, 0.717) is 61.8 Å². The van der Waals surface area contributed by atoms with E-state index in [1.165, 1.54) is 30.4 Å². The van der Waals surface area contributed by atoms with Crippen molar-refractivity contribution >= 4 is 17.3 Å². The lowest BCUT2D eigenvalue weighted by Crippen LogP contribution is -2.70. The quantitative estimate of drug-likeness (QED) is 0.0954. The van der Waals surface area contributed by atoms with Crippen molar-refractivity contribution in [1.29, 1.82) is 0 Å². The molecule has 2 aromatic carbocycles. The number of fused-ring (bicyclic) bond motifs is 3. The number of aromatic hydroxyl groups is 1. The Hall–Kier alpha value is -3.08. The van der Waals surface area contributed by atoms with E-state index in [-0.39, 0.29) is 63.6 Å². The van der Waals surface area contributed by atoms with Gasteiger partial charge < -0.3 is 36.4 Å². The van der Waals surface area contributed by atoms with Gasteiger partial charge in [-0.25, -0.2) is 0 Å². The Morgan fingerprint density at radius 3 is 2.43 bits per heavy atom. The number of hydrogen-bond acceptors (Lipinski definition) is 9. The van der Waals surface area contributed by atoms with Crippen molar-refractivity contribution in [2.75, 3.05) is 19.3 Å². The van der Waals surface area contributed by atoms with Gasteiger partial charge in [0.15, 0.2) is 5.78 Å². The summed E-state index contributed by atoms with van der Waals surface area (Å²) in [6.07, 6.45) is 14.3. The second-order valence-electron chi connectivity index (χ2n) is 25.0. The number of benzene rings is 2. The minimum absolute atomic E-state index is 0.00216. The maximum atomic E-state index is 15.5. The van der Waals surface area contributed by atoms with Crippen molar-refractivity contribution in [3.63, 3.8) is 0 Å². The van der Waals surface area contributed by atoms with Crippen LogP contribution < -0.4 is 16.4 Å². The van der Waals surface area contributed by atoms with Gasteiger partial charge in [-0.05, 0) is 177 Å². The van der Waals surface area contributed by atoms with Crippen LogP contribution in [0.1, 0.15) is 173 Å². The second kappa shape index (κ2) is 17.3. The standard InChI is InChI=1S/C58H83N3O6/c1-33(62)31-61-46-29-58-22-12-15-35-13-8-9-17-40(35)42(27-47(64)53-57(6,67-53)44-19-11-18-41(44)36-14-10-16-38(59)25-36)50-45(56(58,5)30-48(50)65)20-21-49(58)55(4)28-43(52(66)54(2,3)51(46)55)37-23-34(32-60-7)24-39(63)26-37/h10,14,16,23-26,33,35,40-44,46-47,49,51,53,60-64H,8-9,11-13,15,17-22,27-32,59H2,1-7H3. The molecule has 6 fully saturated rings. The first-order valence-corrected chi connectivity index (χ1v) is 26.8. The smallest absolute Gasteiger partial charge is 0.160 e. The number of ketones is 2. The maximum Gasteiger partial charge on any atom is 0.160 e. The van der Waals surface area contributed by atoms with Crippen LogP contribution in [0.5, 0.6) is 5.75 Å². The average Bonchev–Trinajstić information content (AvgIpc) is 3.57. The lowest BCUT2D eigenvalue weighted by atomic mass is 9.33. The molecule has 4 bridgehead atoms. The third-order valence-electron chi connectivity index (χ3n) is 21.0. The zero-order chi connectivity index (χ0) is 47.4. The molecule has 1 saturated heterocycles. The van der Waals surface area contributed by atoms with E-state index in [2.05, 4.69) is 69.5 Å². The highest BCUT2D eigenvalue weighted by Gasteiger charge is 2.73. The Balaban J connectivity index is 1.04. The Morgan fingerprint density at radius 2 is 1.67 bits per heavy atom. The van der Waals surface area contributed by atoms with Gasteiger partial charge in [0.25, 0.3) is 0 Å². The van der Waals surface area contributed by atoms with Gasteiger partial charge >= 0.3 is 0 Å². The van der Waals surface area contributed by atoms with Gasteiger partial charge in [-0.2, -0.15) is 0 Å². The molecule has 1 spiro atoms. The fourth-order valence-corrected chi connectivity index (χ4v) is 18.6. The summed E-state index contributed by atoms with van der Waals surface area (Å²) in [5.41, 5.74) is 10.7. The molecule has 8 aliphatic rings. The first-order valence-electron chi connectivity index (χ1n) is 26.8. The van der Waals surface area contributed by atoms with E-state index < -0.39 is 23.2 Å². The number of allylic oxidation sites excluding steroid dienone is 2. The summed E-state index contributed by atoms with van der Waals surface area (Å²) in [6.45, 7) is 14.5. The maximum absolute atomic E-state index is 15.5. The Kier molecular flexibility index (Phi) is 12.3. The Labute approximate surface area is 401 Å². The topological polar surface area (TPSA) is 157 Å². The van der Waals surface area contributed by atoms with Crippen LogP contribution in [-0.4, -0.2) is 70.4 Å². The number of nitrogen functional groups attached to an aromatic ring is 1. The number of hydrogen-bond donors (Lipinski definition) is 6. The minimum atomic E-state index is -0.684. The van der Waals surface area contributed by atoms with Crippen molar-refractivity contribution in [2.24, 2.45) is 57.2 Å². The van der Waals surface area contributed by atoms with E-state index in [4.69, 9.17) is 10.5 Å². The lowest BCUT2D eigenvalue weighted by Gasteiger charge is -2.71. The van der Waals surface area contributed by atoms with Crippen LogP contribution in [0, 0.1) is 57.2 Å². The largest absolute Gasteiger partial charge is 0.508 e. The molecule has 1 aliphatic heterocycles. The molecular formula is C58H83N3O6.